The molecule has 1 fully saturated rings. The fourth-order valence-corrected chi connectivity index (χ4v) is 6.72. The van der Waals surface area contributed by atoms with Crippen molar-refractivity contribution in [2.45, 2.75) is 66.0 Å². The first-order valence-corrected chi connectivity index (χ1v) is 16.6. The minimum atomic E-state index is -0.660. The molecule has 10 heteroatoms. The topological polar surface area (TPSA) is 124 Å². The number of nitrogens with zero attached hydrogens (tertiary/aromatic N) is 3. The number of pyridine rings is 1. The number of carbonyl (C=O) groups excluding carboxylic acids is 4. The van der Waals surface area contributed by atoms with Gasteiger partial charge in [0, 0.05) is 50.4 Å². The van der Waals surface area contributed by atoms with E-state index in [2.05, 4.69) is 20.9 Å². The van der Waals surface area contributed by atoms with Crippen LogP contribution >= 0.6 is 0 Å². The zero-order valence-electron chi connectivity index (χ0n) is 27.9. The fourth-order valence-electron chi connectivity index (χ4n) is 6.72. The van der Waals surface area contributed by atoms with E-state index in [0.717, 1.165) is 27.8 Å². The standard InChI is InChI=1S/C37H46N6O4/c1-5-37(14-17-42(18-15-37)35(46)25(2)3)36(47)43(23-29-10-7-6-9-28(29)22-38-4)24-33(45)40-31-13-12-26-19-27-11-8-16-39-34(27)41-32(44)21-30(26)20-31/h6-13,16,20,25,38H,5,14-15,17-19,21-24H2,1-4H3,(H,40,45)(H,39,41,44). The molecule has 0 saturated carbocycles. The van der Waals surface area contributed by atoms with Crippen molar-refractivity contribution < 1.29 is 19.2 Å². The van der Waals surface area contributed by atoms with Crippen LogP contribution in [-0.2, 0) is 45.1 Å². The predicted molar refractivity (Wildman–Crippen MR) is 182 cm³/mol. The van der Waals surface area contributed by atoms with Crippen molar-refractivity contribution in [2.75, 3.05) is 37.3 Å². The van der Waals surface area contributed by atoms with E-state index in [1.54, 1.807) is 11.1 Å². The second kappa shape index (κ2) is 14.9. The molecule has 2 aliphatic rings. The van der Waals surface area contributed by atoms with Crippen LogP contribution in [-0.4, -0.2) is 65.1 Å². The lowest BCUT2D eigenvalue weighted by Gasteiger charge is -2.43. The molecule has 3 N–H and O–H groups in total. The lowest BCUT2D eigenvalue weighted by atomic mass is 9.74. The highest BCUT2D eigenvalue weighted by atomic mass is 16.2. The van der Waals surface area contributed by atoms with Crippen LogP contribution in [0.15, 0.2) is 60.8 Å². The molecule has 0 radical (unpaired) electrons. The van der Waals surface area contributed by atoms with Gasteiger partial charge >= 0.3 is 0 Å². The number of rotatable bonds is 10. The second-order valence-electron chi connectivity index (χ2n) is 13.0. The zero-order valence-corrected chi connectivity index (χ0v) is 27.9. The molecule has 0 aliphatic carbocycles. The SMILES string of the molecule is CCC1(C(=O)N(CC(=O)Nc2ccc3c(c2)CC(=O)Nc2ncccc2C3)Cc2ccccc2CNC)CCN(C(=O)C(C)C)CC1. The molecular formula is C37H46N6O4. The Hall–Kier alpha value is -4.57. The lowest BCUT2D eigenvalue weighted by molar-refractivity contribution is -0.151. The van der Waals surface area contributed by atoms with Crippen molar-refractivity contribution in [3.8, 4) is 0 Å². The molecule has 0 bridgehead atoms. The van der Waals surface area contributed by atoms with Crippen LogP contribution in [0.5, 0.6) is 0 Å². The Kier molecular flexibility index (Phi) is 10.7. The highest BCUT2D eigenvalue weighted by Crippen LogP contribution is 2.38. The molecule has 4 amide bonds. The van der Waals surface area contributed by atoms with Crippen LogP contribution in [0.1, 0.15) is 67.9 Å². The van der Waals surface area contributed by atoms with Crippen LogP contribution < -0.4 is 16.0 Å². The van der Waals surface area contributed by atoms with Gasteiger partial charge in [0.15, 0.2) is 0 Å². The van der Waals surface area contributed by atoms with Gasteiger partial charge in [-0.15, -0.1) is 0 Å². The van der Waals surface area contributed by atoms with E-state index >= 15 is 0 Å². The third-order valence-electron chi connectivity index (χ3n) is 9.50. The highest BCUT2D eigenvalue weighted by Gasteiger charge is 2.43. The van der Waals surface area contributed by atoms with Gasteiger partial charge in [-0.3, -0.25) is 19.2 Å². The van der Waals surface area contributed by atoms with Gasteiger partial charge in [-0.2, -0.15) is 0 Å². The maximum atomic E-state index is 14.5. The van der Waals surface area contributed by atoms with E-state index in [4.69, 9.17) is 0 Å². The smallest absolute Gasteiger partial charge is 0.244 e. The van der Waals surface area contributed by atoms with Crippen molar-refractivity contribution in [1.82, 2.24) is 20.1 Å². The van der Waals surface area contributed by atoms with Gasteiger partial charge < -0.3 is 25.8 Å². The van der Waals surface area contributed by atoms with Gasteiger partial charge in [-0.25, -0.2) is 4.98 Å². The van der Waals surface area contributed by atoms with Gasteiger partial charge in [-0.05, 0) is 72.3 Å². The number of piperidine rings is 1. The monoisotopic (exact) mass is 638 g/mol. The Labute approximate surface area is 277 Å². The first-order chi connectivity index (χ1) is 22.6. The molecule has 10 nitrogen and oxygen atoms in total. The molecule has 248 valence electrons. The summed E-state index contributed by atoms with van der Waals surface area (Å²) in [4.78, 5) is 61.5. The molecule has 3 heterocycles. The van der Waals surface area contributed by atoms with E-state index in [1.165, 1.54) is 0 Å². The molecule has 2 aromatic carbocycles. The van der Waals surface area contributed by atoms with Crippen molar-refractivity contribution in [3.05, 3.63) is 88.6 Å². The summed E-state index contributed by atoms with van der Waals surface area (Å²) in [6, 6.07) is 17.4. The number of benzene rings is 2. The number of hydrogen-bond donors (Lipinski definition) is 3. The lowest BCUT2D eigenvalue weighted by Crippen LogP contribution is -2.52. The Morgan fingerprint density at radius 3 is 2.43 bits per heavy atom. The summed E-state index contributed by atoms with van der Waals surface area (Å²) in [5, 5.41) is 9.08. The largest absolute Gasteiger partial charge is 0.342 e. The Morgan fingerprint density at radius 1 is 0.979 bits per heavy atom. The summed E-state index contributed by atoms with van der Waals surface area (Å²) in [6.45, 7) is 7.67. The van der Waals surface area contributed by atoms with Crippen LogP contribution in [0, 0.1) is 11.3 Å². The number of fused-ring (bicyclic) bond motifs is 2. The molecule has 1 saturated heterocycles. The Bertz CT molecular complexity index is 1630. The minimum Gasteiger partial charge on any atom is -0.342 e. The third kappa shape index (κ3) is 7.88. The summed E-state index contributed by atoms with van der Waals surface area (Å²) < 4.78 is 0. The predicted octanol–water partition coefficient (Wildman–Crippen LogP) is 4.53. The van der Waals surface area contributed by atoms with Gasteiger partial charge in [-0.1, -0.05) is 57.2 Å². The number of aromatic nitrogens is 1. The molecule has 2 aliphatic heterocycles. The van der Waals surface area contributed by atoms with E-state index in [9.17, 15) is 19.2 Å². The number of likely N-dealkylation sites (tertiary alicyclic amines) is 1. The quantitative estimate of drug-likeness (QED) is 0.300. The number of anilines is 2. The number of carbonyl (C=O) groups is 4. The van der Waals surface area contributed by atoms with Gasteiger partial charge in [0.05, 0.1) is 11.8 Å². The number of hydrogen-bond acceptors (Lipinski definition) is 6. The molecule has 1 aromatic heterocycles. The van der Waals surface area contributed by atoms with Gasteiger partial charge in [0.25, 0.3) is 0 Å². The van der Waals surface area contributed by atoms with Crippen LogP contribution in [0.2, 0.25) is 0 Å². The Morgan fingerprint density at radius 2 is 1.72 bits per heavy atom. The van der Waals surface area contributed by atoms with Crippen molar-refractivity contribution in [1.29, 1.82) is 0 Å². The summed E-state index contributed by atoms with van der Waals surface area (Å²) in [5.41, 5.74) is 4.70. The van der Waals surface area contributed by atoms with E-state index in [-0.39, 0.29) is 49.1 Å². The third-order valence-corrected chi connectivity index (χ3v) is 9.50. The van der Waals surface area contributed by atoms with E-state index in [1.807, 2.05) is 87.3 Å². The van der Waals surface area contributed by atoms with Crippen molar-refractivity contribution in [3.63, 3.8) is 0 Å². The summed E-state index contributed by atoms with van der Waals surface area (Å²) >= 11 is 0. The van der Waals surface area contributed by atoms with Gasteiger partial charge in [0.2, 0.25) is 23.6 Å². The number of amides is 4. The zero-order chi connectivity index (χ0) is 33.6. The molecule has 47 heavy (non-hydrogen) atoms. The molecule has 0 unspecified atom stereocenters. The minimum absolute atomic E-state index is 0.0619. The fraction of sp³-hybridized carbons (Fsp3) is 0.432. The van der Waals surface area contributed by atoms with Crippen LogP contribution in [0.25, 0.3) is 0 Å². The molecule has 0 atom stereocenters. The highest BCUT2D eigenvalue weighted by molar-refractivity contribution is 5.96. The first kappa shape index (κ1) is 33.8. The van der Waals surface area contributed by atoms with Crippen LogP contribution in [0.4, 0.5) is 11.5 Å². The number of nitrogens with one attached hydrogen (secondary N) is 3. The summed E-state index contributed by atoms with van der Waals surface area (Å²) in [6.07, 6.45) is 4.17. The molecule has 0 spiro atoms. The first-order valence-electron chi connectivity index (χ1n) is 16.6. The Balaban J connectivity index is 1.37. The van der Waals surface area contributed by atoms with E-state index < -0.39 is 5.41 Å². The van der Waals surface area contributed by atoms with Crippen LogP contribution in [0.3, 0.4) is 0 Å². The average molecular weight is 639 g/mol. The van der Waals surface area contributed by atoms with Gasteiger partial charge in [0.1, 0.15) is 12.4 Å². The van der Waals surface area contributed by atoms with E-state index in [0.29, 0.717) is 56.8 Å². The summed E-state index contributed by atoms with van der Waals surface area (Å²) in [7, 11) is 1.88. The maximum Gasteiger partial charge on any atom is 0.244 e. The molecular weight excluding hydrogens is 592 g/mol. The normalized spacial score (nSPS) is 15.5. The van der Waals surface area contributed by atoms with Crippen molar-refractivity contribution in [2.24, 2.45) is 11.3 Å². The second-order valence-corrected chi connectivity index (χ2v) is 13.0. The molecule has 3 aromatic rings. The average Bonchev–Trinajstić information content (AvgIpc) is 3.06. The maximum absolute atomic E-state index is 14.5. The molecule has 5 rings (SSSR count). The van der Waals surface area contributed by atoms with Crippen molar-refractivity contribution >= 4 is 35.1 Å². The summed E-state index contributed by atoms with van der Waals surface area (Å²) in [5.74, 6) is 0.0412.